The molecule has 1 heterocycles. The summed E-state index contributed by atoms with van der Waals surface area (Å²) in [6.07, 6.45) is -0.0980. The molecular formula is C29H31F2N3O3. The van der Waals surface area contributed by atoms with Crippen molar-refractivity contribution in [3.8, 4) is 17.3 Å². The lowest BCUT2D eigenvalue weighted by Gasteiger charge is -2.25. The zero-order valence-corrected chi connectivity index (χ0v) is 21.0. The molecule has 0 spiro atoms. The van der Waals surface area contributed by atoms with E-state index in [-0.39, 0.29) is 5.75 Å². The summed E-state index contributed by atoms with van der Waals surface area (Å²) in [5.74, 6) is -1.27. The van der Waals surface area contributed by atoms with Crippen LogP contribution in [-0.4, -0.2) is 52.7 Å². The van der Waals surface area contributed by atoms with Gasteiger partial charge >= 0.3 is 0 Å². The third-order valence-corrected chi connectivity index (χ3v) is 6.02. The fourth-order valence-corrected chi connectivity index (χ4v) is 4.16. The lowest BCUT2D eigenvalue weighted by atomic mass is 10.1. The summed E-state index contributed by atoms with van der Waals surface area (Å²) in [6.45, 7) is 3.65. The van der Waals surface area contributed by atoms with E-state index in [2.05, 4.69) is 10.00 Å². The monoisotopic (exact) mass is 507 g/mol. The molecule has 1 unspecified atom stereocenters. The minimum absolute atomic E-state index is 0.104. The number of aryl methyl sites for hydroxylation is 1. The molecule has 4 rings (SSSR count). The average molecular weight is 508 g/mol. The predicted molar refractivity (Wildman–Crippen MR) is 138 cm³/mol. The predicted octanol–water partition coefficient (Wildman–Crippen LogP) is 5.30. The number of para-hydroxylation sites is 1. The molecular weight excluding hydrogens is 476 g/mol. The van der Waals surface area contributed by atoms with Gasteiger partial charge in [0.1, 0.15) is 5.82 Å². The van der Waals surface area contributed by atoms with E-state index in [0.717, 1.165) is 28.9 Å². The van der Waals surface area contributed by atoms with Gasteiger partial charge in [0.05, 0.1) is 29.7 Å². The summed E-state index contributed by atoms with van der Waals surface area (Å²) in [7, 11) is 1.63. The maximum absolute atomic E-state index is 14.6. The highest BCUT2D eigenvalue weighted by molar-refractivity contribution is 5.43. The summed E-state index contributed by atoms with van der Waals surface area (Å²) in [5.41, 5.74) is 3.21. The topological polar surface area (TPSA) is 59.8 Å². The Hall–Kier alpha value is -3.59. The standard InChI is InChI=1S/C29H31F2N3O3/c1-21-26(20-33(15-16-36-2)19-25(35)17-22-9-5-3-6-10-22)29(34(32-21)24-11-7-4-8-12-24)37-28-14-13-23(30)18-27(28)31/h3-14,18,25,35H,15-17,19-20H2,1-2H3. The van der Waals surface area contributed by atoms with E-state index in [0.29, 0.717) is 44.2 Å². The second-order valence-corrected chi connectivity index (χ2v) is 8.86. The molecule has 6 nitrogen and oxygen atoms in total. The lowest BCUT2D eigenvalue weighted by molar-refractivity contribution is 0.0846. The average Bonchev–Trinajstić information content (AvgIpc) is 3.19. The van der Waals surface area contributed by atoms with E-state index in [9.17, 15) is 13.9 Å². The molecule has 0 amide bonds. The number of nitrogens with zero attached hydrogens (tertiary/aromatic N) is 3. The van der Waals surface area contributed by atoms with Crippen LogP contribution in [0.5, 0.6) is 11.6 Å². The quantitative estimate of drug-likeness (QED) is 0.282. The second-order valence-electron chi connectivity index (χ2n) is 8.86. The first-order valence-electron chi connectivity index (χ1n) is 12.1. The third kappa shape index (κ3) is 7.01. The Bertz CT molecular complexity index is 1280. The molecule has 8 heteroatoms. The Morgan fingerprint density at radius 2 is 1.70 bits per heavy atom. The zero-order chi connectivity index (χ0) is 26.2. The van der Waals surface area contributed by atoms with Crippen molar-refractivity contribution in [1.29, 1.82) is 0 Å². The first kappa shape index (κ1) is 26.5. The Balaban J connectivity index is 1.65. The van der Waals surface area contributed by atoms with Crippen LogP contribution in [0.15, 0.2) is 78.9 Å². The maximum Gasteiger partial charge on any atom is 0.227 e. The molecule has 4 aromatic rings. The molecule has 1 atom stereocenters. The largest absolute Gasteiger partial charge is 0.435 e. The van der Waals surface area contributed by atoms with Crippen LogP contribution in [-0.2, 0) is 17.7 Å². The van der Waals surface area contributed by atoms with Crippen molar-refractivity contribution in [3.63, 3.8) is 0 Å². The Kier molecular flexibility index (Phi) is 9.00. The van der Waals surface area contributed by atoms with Gasteiger partial charge in [-0.15, -0.1) is 0 Å². The molecule has 194 valence electrons. The number of hydrogen-bond acceptors (Lipinski definition) is 5. The van der Waals surface area contributed by atoms with Gasteiger partial charge in [0.15, 0.2) is 11.6 Å². The highest BCUT2D eigenvalue weighted by atomic mass is 19.1. The minimum Gasteiger partial charge on any atom is -0.435 e. The van der Waals surface area contributed by atoms with Crippen molar-refractivity contribution in [2.45, 2.75) is 26.0 Å². The molecule has 1 N–H and O–H groups in total. The van der Waals surface area contributed by atoms with E-state index < -0.39 is 17.7 Å². The third-order valence-electron chi connectivity index (χ3n) is 6.02. The van der Waals surface area contributed by atoms with E-state index >= 15 is 0 Å². The number of aliphatic hydroxyl groups is 1. The van der Waals surface area contributed by atoms with Crippen molar-refractivity contribution in [2.24, 2.45) is 0 Å². The second kappa shape index (κ2) is 12.6. The molecule has 0 aliphatic rings. The summed E-state index contributed by atoms with van der Waals surface area (Å²) in [6, 6.07) is 22.4. The Morgan fingerprint density at radius 3 is 2.38 bits per heavy atom. The maximum atomic E-state index is 14.6. The number of hydrogen-bond donors (Lipinski definition) is 1. The highest BCUT2D eigenvalue weighted by Gasteiger charge is 2.23. The SMILES string of the molecule is COCCN(Cc1c(C)nn(-c2ccccc2)c1Oc1ccc(F)cc1F)CC(O)Cc1ccccc1. The van der Waals surface area contributed by atoms with Crippen LogP contribution in [0.4, 0.5) is 8.78 Å². The fraction of sp³-hybridized carbons (Fsp3) is 0.276. The van der Waals surface area contributed by atoms with Crippen LogP contribution in [0.1, 0.15) is 16.8 Å². The number of aliphatic hydroxyl groups excluding tert-OH is 1. The molecule has 0 bridgehead atoms. The molecule has 37 heavy (non-hydrogen) atoms. The summed E-state index contributed by atoms with van der Waals surface area (Å²) >= 11 is 0. The molecule has 0 radical (unpaired) electrons. The molecule has 0 saturated heterocycles. The minimum atomic E-state index is -0.807. The van der Waals surface area contributed by atoms with Crippen LogP contribution in [0.2, 0.25) is 0 Å². The van der Waals surface area contributed by atoms with Crippen LogP contribution in [0, 0.1) is 18.6 Å². The van der Waals surface area contributed by atoms with Gasteiger partial charge in [0.25, 0.3) is 0 Å². The smallest absolute Gasteiger partial charge is 0.227 e. The molecule has 3 aromatic carbocycles. The van der Waals surface area contributed by atoms with E-state index in [1.165, 1.54) is 6.07 Å². The van der Waals surface area contributed by atoms with Gasteiger partial charge in [-0.3, -0.25) is 4.90 Å². The van der Waals surface area contributed by atoms with Gasteiger partial charge < -0.3 is 14.6 Å². The van der Waals surface area contributed by atoms with Crippen LogP contribution < -0.4 is 4.74 Å². The highest BCUT2D eigenvalue weighted by Crippen LogP contribution is 2.33. The van der Waals surface area contributed by atoms with Crippen molar-refractivity contribution < 1.29 is 23.4 Å². The first-order chi connectivity index (χ1) is 17.9. The number of halogens is 2. The van der Waals surface area contributed by atoms with Gasteiger partial charge in [-0.05, 0) is 43.2 Å². The van der Waals surface area contributed by atoms with E-state index in [4.69, 9.17) is 9.47 Å². The van der Waals surface area contributed by atoms with Crippen molar-refractivity contribution >= 4 is 0 Å². The number of ether oxygens (including phenoxy) is 2. The number of methoxy groups -OCH3 is 1. The van der Waals surface area contributed by atoms with Crippen LogP contribution in [0.25, 0.3) is 5.69 Å². The number of rotatable bonds is 12. The summed E-state index contributed by atoms with van der Waals surface area (Å²) in [5, 5.41) is 15.5. The summed E-state index contributed by atoms with van der Waals surface area (Å²) in [4.78, 5) is 2.06. The summed E-state index contributed by atoms with van der Waals surface area (Å²) < 4.78 is 41.1. The fourth-order valence-electron chi connectivity index (χ4n) is 4.16. The van der Waals surface area contributed by atoms with Gasteiger partial charge in [-0.2, -0.15) is 5.10 Å². The van der Waals surface area contributed by atoms with E-state index in [1.54, 1.807) is 11.8 Å². The Morgan fingerprint density at radius 1 is 1.00 bits per heavy atom. The van der Waals surface area contributed by atoms with Crippen LogP contribution >= 0.6 is 0 Å². The zero-order valence-electron chi connectivity index (χ0n) is 21.0. The van der Waals surface area contributed by atoms with Gasteiger partial charge in [-0.25, -0.2) is 13.5 Å². The molecule has 0 aliphatic carbocycles. The van der Waals surface area contributed by atoms with Gasteiger partial charge in [-0.1, -0.05) is 48.5 Å². The molecule has 0 saturated carbocycles. The molecule has 1 aromatic heterocycles. The normalized spacial score (nSPS) is 12.2. The molecule has 0 aliphatic heterocycles. The Labute approximate surface area is 215 Å². The van der Waals surface area contributed by atoms with Crippen molar-refractivity contribution in [1.82, 2.24) is 14.7 Å². The van der Waals surface area contributed by atoms with E-state index in [1.807, 2.05) is 67.6 Å². The number of benzene rings is 3. The van der Waals surface area contributed by atoms with Crippen LogP contribution in [0.3, 0.4) is 0 Å². The lowest BCUT2D eigenvalue weighted by Crippen LogP contribution is -2.35. The van der Waals surface area contributed by atoms with Gasteiger partial charge in [0.2, 0.25) is 5.88 Å². The molecule has 0 fully saturated rings. The van der Waals surface area contributed by atoms with Crippen molar-refractivity contribution in [2.75, 3.05) is 26.8 Å². The number of aromatic nitrogens is 2. The first-order valence-corrected chi connectivity index (χ1v) is 12.1. The van der Waals surface area contributed by atoms with Crippen molar-refractivity contribution in [3.05, 3.63) is 107 Å². The van der Waals surface area contributed by atoms with Gasteiger partial charge in [0, 0.05) is 32.8 Å².